The number of ether oxygens (including phenoxy) is 1. The van der Waals surface area contributed by atoms with E-state index >= 15 is 0 Å². The molecule has 0 radical (unpaired) electrons. The predicted molar refractivity (Wildman–Crippen MR) is 70.5 cm³/mol. The van der Waals surface area contributed by atoms with E-state index in [2.05, 4.69) is 32.2 Å². The van der Waals surface area contributed by atoms with E-state index in [0.717, 1.165) is 17.9 Å². The van der Waals surface area contributed by atoms with E-state index < -0.39 is 0 Å². The van der Waals surface area contributed by atoms with Crippen molar-refractivity contribution in [2.24, 2.45) is 0 Å². The van der Waals surface area contributed by atoms with Crippen LogP contribution in [0, 0.1) is 6.92 Å². The van der Waals surface area contributed by atoms with Crippen LogP contribution in [0.5, 0.6) is 5.75 Å². The molecule has 1 rings (SSSR count). The quantitative estimate of drug-likeness (QED) is 0.797. The molecule has 2 N–H and O–H groups in total. The van der Waals surface area contributed by atoms with Gasteiger partial charge in [0.15, 0.2) is 0 Å². The average molecular weight is 237 g/mol. The minimum absolute atomic E-state index is 0.153. The number of rotatable bonds is 6. The fourth-order valence-electron chi connectivity index (χ4n) is 2.19. The first-order valence-electron chi connectivity index (χ1n) is 6.08. The van der Waals surface area contributed by atoms with Gasteiger partial charge >= 0.3 is 0 Å². The SMILES string of the molecule is CCNC(C)(CCO)c1cc(C)ccc1OC. The van der Waals surface area contributed by atoms with Gasteiger partial charge in [-0.1, -0.05) is 24.6 Å². The van der Waals surface area contributed by atoms with E-state index in [4.69, 9.17) is 4.74 Å². The molecule has 0 spiro atoms. The molecule has 0 aromatic heterocycles. The summed E-state index contributed by atoms with van der Waals surface area (Å²) in [4.78, 5) is 0. The second-order valence-corrected chi connectivity index (χ2v) is 4.54. The molecule has 3 heteroatoms. The summed E-state index contributed by atoms with van der Waals surface area (Å²) in [5.41, 5.74) is 2.06. The van der Waals surface area contributed by atoms with Crippen LogP contribution in [-0.4, -0.2) is 25.4 Å². The summed E-state index contributed by atoms with van der Waals surface area (Å²) in [6, 6.07) is 6.14. The Labute approximate surface area is 104 Å². The second kappa shape index (κ2) is 6.03. The summed E-state index contributed by atoms with van der Waals surface area (Å²) in [6.07, 6.45) is 0.667. The highest BCUT2D eigenvalue weighted by Crippen LogP contribution is 2.33. The number of aliphatic hydroxyl groups excluding tert-OH is 1. The van der Waals surface area contributed by atoms with Crippen LogP contribution in [0.25, 0.3) is 0 Å². The average Bonchev–Trinajstić information content (AvgIpc) is 2.29. The minimum atomic E-state index is -0.249. The van der Waals surface area contributed by atoms with Crippen LogP contribution in [0.4, 0.5) is 0 Å². The number of hydrogen-bond donors (Lipinski definition) is 2. The Kier molecular flexibility index (Phi) is 4.97. The smallest absolute Gasteiger partial charge is 0.123 e. The van der Waals surface area contributed by atoms with Crippen molar-refractivity contribution in [3.05, 3.63) is 29.3 Å². The summed E-state index contributed by atoms with van der Waals surface area (Å²) >= 11 is 0. The number of aryl methyl sites for hydroxylation is 1. The van der Waals surface area contributed by atoms with E-state index in [1.807, 2.05) is 12.1 Å². The van der Waals surface area contributed by atoms with Crippen molar-refractivity contribution >= 4 is 0 Å². The van der Waals surface area contributed by atoms with Gasteiger partial charge in [-0.05, 0) is 32.9 Å². The van der Waals surface area contributed by atoms with Crippen molar-refractivity contribution in [1.29, 1.82) is 0 Å². The van der Waals surface area contributed by atoms with Crippen molar-refractivity contribution in [2.75, 3.05) is 20.3 Å². The Morgan fingerprint density at radius 2 is 2.12 bits per heavy atom. The molecule has 1 aromatic rings. The van der Waals surface area contributed by atoms with Gasteiger partial charge in [0.25, 0.3) is 0 Å². The van der Waals surface area contributed by atoms with Crippen LogP contribution >= 0.6 is 0 Å². The molecule has 0 amide bonds. The molecule has 3 nitrogen and oxygen atoms in total. The van der Waals surface area contributed by atoms with Gasteiger partial charge in [-0.2, -0.15) is 0 Å². The summed E-state index contributed by atoms with van der Waals surface area (Å²) in [6.45, 7) is 7.24. The maximum atomic E-state index is 9.24. The lowest BCUT2D eigenvalue weighted by Crippen LogP contribution is -2.40. The number of hydrogen-bond acceptors (Lipinski definition) is 3. The van der Waals surface area contributed by atoms with Crippen molar-refractivity contribution in [1.82, 2.24) is 5.32 Å². The Bertz CT molecular complexity index is 357. The number of nitrogens with one attached hydrogen (secondary N) is 1. The highest BCUT2D eigenvalue weighted by atomic mass is 16.5. The van der Waals surface area contributed by atoms with Crippen LogP contribution in [0.3, 0.4) is 0 Å². The first-order valence-corrected chi connectivity index (χ1v) is 6.08. The van der Waals surface area contributed by atoms with E-state index in [1.165, 1.54) is 5.56 Å². The van der Waals surface area contributed by atoms with E-state index in [1.54, 1.807) is 7.11 Å². The predicted octanol–water partition coefficient (Wildman–Crippen LogP) is 2.21. The Balaban J connectivity index is 3.20. The third kappa shape index (κ3) is 3.20. The van der Waals surface area contributed by atoms with Gasteiger partial charge in [0, 0.05) is 17.7 Å². The summed E-state index contributed by atoms with van der Waals surface area (Å²) in [5, 5.41) is 12.7. The first-order chi connectivity index (χ1) is 8.07. The lowest BCUT2D eigenvalue weighted by atomic mass is 9.87. The van der Waals surface area contributed by atoms with Gasteiger partial charge in [0.2, 0.25) is 0 Å². The number of benzene rings is 1. The van der Waals surface area contributed by atoms with Crippen LogP contribution in [0.2, 0.25) is 0 Å². The third-order valence-electron chi connectivity index (χ3n) is 3.13. The maximum absolute atomic E-state index is 9.24. The van der Waals surface area contributed by atoms with Gasteiger partial charge < -0.3 is 15.2 Å². The highest BCUT2D eigenvalue weighted by molar-refractivity contribution is 5.41. The van der Waals surface area contributed by atoms with Crippen molar-refractivity contribution in [3.8, 4) is 5.75 Å². The molecule has 1 unspecified atom stereocenters. The lowest BCUT2D eigenvalue weighted by molar-refractivity contribution is 0.219. The number of aliphatic hydroxyl groups is 1. The Morgan fingerprint density at radius 3 is 2.65 bits per heavy atom. The molecule has 0 aliphatic carbocycles. The fraction of sp³-hybridized carbons (Fsp3) is 0.571. The largest absolute Gasteiger partial charge is 0.496 e. The van der Waals surface area contributed by atoms with Crippen LogP contribution < -0.4 is 10.1 Å². The molecule has 0 aliphatic rings. The molecule has 1 aromatic carbocycles. The topological polar surface area (TPSA) is 41.5 Å². The molecule has 0 heterocycles. The standard InChI is InChI=1S/C14H23NO2/c1-5-15-14(3,8-9-16)12-10-11(2)6-7-13(12)17-4/h6-7,10,15-16H,5,8-9H2,1-4H3. The summed E-state index contributed by atoms with van der Waals surface area (Å²) in [7, 11) is 1.68. The van der Waals surface area contributed by atoms with Crippen LogP contribution in [-0.2, 0) is 5.54 Å². The molecule has 0 saturated heterocycles. The zero-order chi connectivity index (χ0) is 12.9. The molecular formula is C14H23NO2. The Morgan fingerprint density at radius 1 is 1.41 bits per heavy atom. The van der Waals surface area contributed by atoms with Gasteiger partial charge in [-0.25, -0.2) is 0 Å². The van der Waals surface area contributed by atoms with Crippen molar-refractivity contribution in [2.45, 2.75) is 32.7 Å². The van der Waals surface area contributed by atoms with Gasteiger partial charge in [-0.3, -0.25) is 0 Å². The lowest BCUT2D eigenvalue weighted by Gasteiger charge is -2.32. The Hall–Kier alpha value is -1.06. The maximum Gasteiger partial charge on any atom is 0.123 e. The third-order valence-corrected chi connectivity index (χ3v) is 3.13. The van der Waals surface area contributed by atoms with Crippen molar-refractivity contribution < 1.29 is 9.84 Å². The molecule has 0 aliphatic heterocycles. The van der Waals surface area contributed by atoms with E-state index in [9.17, 15) is 5.11 Å². The molecule has 96 valence electrons. The van der Waals surface area contributed by atoms with Gasteiger partial charge in [0.05, 0.1) is 7.11 Å². The summed E-state index contributed by atoms with van der Waals surface area (Å²) < 4.78 is 5.42. The molecular weight excluding hydrogens is 214 g/mol. The molecule has 0 bridgehead atoms. The zero-order valence-corrected chi connectivity index (χ0v) is 11.2. The molecule has 1 atom stereocenters. The van der Waals surface area contributed by atoms with Gasteiger partial charge in [0.1, 0.15) is 5.75 Å². The minimum Gasteiger partial charge on any atom is -0.496 e. The van der Waals surface area contributed by atoms with Crippen LogP contribution in [0.1, 0.15) is 31.4 Å². The van der Waals surface area contributed by atoms with E-state index in [-0.39, 0.29) is 12.1 Å². The molecule has 0 fully saturated rings. The summed E-state index contributed by atoms with van der Waals surface area (Å²) in [5.74, 6) is 0.868. The number of methoxy groups -OCH3 is 1. The second-order valence-electron chi connectivity index (χ2n) is 4.54. The normalized spacial score (nSPS) is 14.4. The van der Waals surface area contributed by atoms with Gasteiger partial charge in [-0.15, -0.1) is 0 Å². The van der Waals surface area contributed by atoms with Crippen LogP contribution in [0.15, 0.2) is 18.2 Å². The fourth-order valence-corrected chi connectivity index (χ4v) is 2.19. The zero-order valence-electron chi connectivity index (χ0n) is 11.2. The molecule has 17 heavy (non-hydrogen) atoms. The van der Waals surface area contributed by atoms with Crippen molar-refractivity contribution in [3.63, 3.8) is 0 Å². The first kappa shape index (κ1) is 14.0. The monoisotopic (exact) mass is 237 g/mol. The highest BCUT2D eigenvalue weighted by Gasteiger charge is 2.28. The van der Waals surface area contributed by atoms with E-state index in [0.29, 0.717) is 6.42 Å². The molecule has 0 saturated carbocycles.